The molecule has 0 aromatic carbocycles. The molecule has 0 saturated carbocycles. The van der Waals surface area contributed by atoms with Crippen LogP contribution in [0.2, 0.25) is 0 Å². The molecule has 22 heavy (non-hydrogen) atoms. The van der Waals surface area contributed by atoms with Crippen molar-refractivity contribution in [3.8, 4) is 0 Å². The molecule has 3 rings (SSSR count). The Hall–Kier alpha value is -1.36. The molecule has 4 nitrogen and oxygen atoms in total. The second-order valence-corrected chi connectivity index (χ2v) is 7.51. The first-order chi connectivity index (χ1) is 10.6. The van der Waals surface area contributed by atoms with Gasteiger partial charge in [-0.1, -0.05) is 12.8 Å². The number of carboxylic acids is 1. The Morgan fingerprint density at radius 1 is 1.09 bits per heavy atom. The van der Waals surface area contributed by atoms with Crippen molar-refractivity contribution < 1.29 is 14.7 Å². The molecule has 1 N–H and O–H groups in total. The van der Waals surface area contributed by atoms with E-state index in [0.717, 1.165) is 17.7 Å². The van der Waals surface area contributed by atoms with E-state index in [-0.39, 0.29) is 11.8 Å². The fraction of sp³-hybridized carbons (Fsp3) is 0.647. The third kappa shape index (κ3) is 3.35. The predicted molar refractivity (Wildman–Crippen MR) is 86.5 cm³/mol. The summed E-state index contributed by atoms with van der Waals surface area (Å²) in [5.74, 6) is -0.917. The topological polar surface area (TPSA) is 57.6 Å². The van der Waals surface area contributed by atoms with Crippen molar-refractivity contribution in [2.45, 2.75) is 51.4 Å². The molecule has 1 fully saturated rings. The number of piperidine rings is 1. The zero-order valence-electron chi connectivity index (χ0n) is 12.8. The van der Waals surface area contributed by atoms with Crippen LogP contribution in [0.5, 0.6) is 0 Å². The minimum atomic E-state index is -0.730. The largest absolute Gasteiger partial charge is 0.481 e. The quantitative estimate of drug-likeness (QED) is 0.909. The van der Waals surface area contributed by atoms with Crippen LogP contribution in [0.1, 0.15) is 58.6 Å². The monoisotopic (exact) mass is 321 g/mol. The Morgan fingerprint density at radius 2 is 1.77 bits per heavy atom. The predicted octanol–water partition coefficient (Wildman–Crippen LogP) is 3.34. The van der Waals surface area contributed by atoms with Crippen LogP contribution >= 0.6 is 11.3 Å². The highest BCUT2D eigenvalue weighted by Crippen LogP contribution is 2.30. The number of rotatable bonds is 2. The maximum atomic E-state index is 12.7. The SMILES string of the molecule is O=C(O)C1CCN(C(=O)c2cc3c(s2)CCCCCC3)CC1. The van der Waals surface area contributed by atoms with Crippen LogP contribution in [-0.2, 0) is 17.6 Å². The van der Waals surface area contributed by atoms with E-state index in [1.165, 1.54) is 36.1 Å². The van der Waals surface area contributed by atoms with Crippen LogP contribution in [0.15, 0.2) is 6.07 Å². The van der Waals surface area contributed by atoms with Gasteiger partial charge in [-0.15, -0.1) is 11.3 Å². The number of aryl methyl sites for hydroxylation is 2. The van der Waals surface area contributed by atoms with Gasteiger partial charge in [0.2, 0.25) is 0 Å². The zero-order valence-corrected chi connectivity index (χ0v) is 13.7. The highest BCUT2D eigenvalue weighted by molar-refractivity contribution is 7.14. The molecule has 0 bridgehead atoms. The summed E-state index contributed by atoms with van der Waals surface area (Å²) in [5.41, 5.74) is 1.37. The number of carboxylic acid groups (broad SMARTS) is 1. The minimum absolute atomic E-state index is 0.0978. The van der Waals surface area contributed by atoms with E-state index in [4.69, 9.17) is 5.11 Å². The van der Waals surface area contributed by atoms with Crippen molar-refractivity contribution in [1.29, 1.82) is 0 Å². The van der Waals surface area contributed by atoms with E-state index in [0.29, 0.717) is 25.9 Å². The lowest BCUT2D eigenvalue weighted by Gasteiger charge is -2.29. The second kappa shape index (κ2) is 6.82. The lowest BCUT2D eigenvalue weighted by molar-refractivity contribution is -0.143. The Bertz CT molecular complexity index is 533. The number of nitrogens with zero attached hydrogens (tertiary/aromatic N) is 1. The van der Waals surface area contributed by atoms with Gasteiger partial charge in [-0.3, -0.25) is 9.59 Å². The van der Waals surface area contributed by atoms with E-state index in [2.05, 4.69) is 6.07 Å². The maximum absolute atomic E-state index is 12.7. The molecule has 1 aromatic heterocycles. The van der Waals surface area contributed by atoms with E-state index < -0.39 is 5.97 Å². The van der Waals surface area contributed by atoms with Crippen molar-refractivity contribution in [1.82, 2.24) is 4.90 Å². The van der Waals surface area contributed by atoms with Crippen LogP contribution in [-0.4, -0.2) is 35.0 Å². The number of carbonyl (C=O) groups excluding carboxylic acids is 1. The van der Waals surface area contributed by atoms with E-state index in [1.807, 2.05) is 4.90 Å². The first-order valence-corrected chi connectivity index (χ1v) is 9.10. The first-order valence-electron chi connectivity index (χ1n) is 8.29. The van der Waals surface area contributed by atoms with Crippen molar-refractivity contribution >= 4 is 23.2 Å². The van der Waals surface area contributed by atoms with Gasteiger partial charge in [-0.25, -0.2) is 0 Å². The Morgan fingerprint density at radius 3 is 2.45 bits per heavy atom. The summed E-state index contributed by atoms with van der Waals surface area (Å²) in [4.78, 5) is 27.7. The molecule has 0 spiro atoms. The van der Waals surface area contributed by atoms with Gasteiger partial charge in [0.15, 0.2) is 0 Å². The second-order valence-electron chi connectivity index (χ2n) is 6.38. The van der Waals surface area contributed by atoms with Crippen molar-refractivity contribution in [2.75, 3.05) is 13.1 Å². The third-order valence-corrected chi connectivity index (χ3v) is 6.06. The zero-order chi connectivity index (χ0) is 15.5. The normalized spacial score (nSPS) is 20.1. The Balaban J connectivity index is 1.68. The molecule has 2 aliphatic rings. The summed E-state index contributed by atoms with van der Waals surface area (Å²) in [6, 6.07) is 2.09. The lowest BCUT2D eigenvalue weighted by Crippen LogP contribution is -2.39. The summed E-state index contributed by atoms with van der Waals surface area (Å²) in [5, 5.41) is 9.04. The summed E-state index contributed by atoms with van der Waals surface area (Å²) < 4.78 is 0. The fourth-order valence-corrected chi connectivity index (χ4v) is 4.66. The molecule has 1 aliphatic carbocycles. The third-order valence-electron chi connectivity index (χ3n) is 4.84. The van der Waals surface area contributed by atoms with E-state index >= 15 is 0 Å². The van der Waals surface area contributed by atoms with Crippen LogP contribution in [0.3, 0.4) is 0 Å². The standard InChI is InChI=1S/C17H23NO3S/c19-16(18-9-7-12(8-10-18)17(20)21)15-11-13-5-3-1-2-4-6-14(13)22-15/h11-12H,1-10H2,(H,20,21). The van der Waals surface area contributed by atoms with Crippen molar-refractivity contribution in [3.63, 3.8) is 0 Å². The average molecular weight is 321 g/mol. The van der Waals surface area contributed by atoms with Crippen LogP contribution in [0.25, 0.3) is 0 Å². The summed E-state index contributed by atoms with van der Waals surface area (Å²) >= 11 is 1.66. The van der Waals surface area contributed by atoms with Gasteiger partial charge in [-0.05, 0) is 50.2 Å². The van der Waals surface area contributed by atoms with Crippen LogP contribution in [0.4, 0.5) is 0 Å². The Kier molecular flexibility index (Phi) is 4.81. The molecular formula is C17H23NO3S. The number of carbonyl (C=O) groups is 2. The molecule has 1 amide bonds. The number of amides is 1. The van der Waals surface area contributed by atoms with Crippen LogP contribution < -0.4 is 0 Å². The molecule has 1 aromatic rings. The molecule has 0 unspecified atom stereocenters. The van der Waals surface area contributed by atoms with Gasteiger partial charge in [0.25, 0.3) is 5.91 Å². The molecule has 5 heteroatoms. The fourth-order valence-electron chi connectivity index (χ4n) is 3.43. The number of hydrogen-bond acceptors (Lipinski definition) is 3. The van der Waals surface area contributed by atoms with Gasteiger partial charge >= 0.3 is 5.97 Å². The number of aliphatic carboxylic acids is 1. The molecule has 1 aliphatic heterocycles. The highest BCUT2D eigenvalue weighted by atomic mass is 32.1. The highest BCUT2D eigenvalue weighted by Gasteiger charge is 2.28. The van der Waals surface area contributed by atoms with Gasteiger partial charge < -0.3 is 10.0 Å². The number of likely N-dealkylation sites (tertiary alicyclic amines) is 1. The van der Waals surface area contributed by atoms with Gasteiger partial charge in [0, 0.05) is 18.0 Å². The van der Waals surface area contributed by atoms with Crippen molar-refractivity contribution in [2.24, 2.45) is 5.92 Å². The van der Waals surface area contributed by atoms with Gasteiger partial charge in [0.05, 0.1) is 10.8 Å². The smallest absolute Gasteiger partial charge is 0.306 e. The average Bonchev–Trinajstić information content (AvgIpc) is 2.89. The van der Waals surface area contributed by atoms with Crippen molar-refractivity contribution in [3.05, 3.63) is 21.4 Å². The van der Waals surface area contributed by atoms with Crippen LogP contribution in [0, 0.1) is 5.92 Å². The number of fused-ring (bicyclic) bond motifs is 1. The molecular weight excluding hydrogens is 298 g/mol. The summed E-state index contributed by atoms with van der Waals surface area (Å²) in [7, 11) is 0. The summed E-state index contributed by atoms with van der Waals surface area (Å²) in [6.45, 7) is 1.14. The molecule has 0 atom stereocenters. The lowest BCUT2D eigenvalue weighted by atomic mass is 9.97. The molecule has 120 valence electrons. The minimum Gasteiger partial charge on any atom is -0.481 e. The summed E-state index contributed by atoms with van der Waals surface area (Å²) in [6.07, 6.45) is 8.39. The first kappa shape index (κ1) is 15.5. The number of thiophene rings is 1. The molecule has 0 radical (unpaired) electrons. The Labute approximate surface area is 135 Å². The molecule has 2 heterocycles. The molecule has 1 saturated heterocycles. The maximum Gasteiger partial charge on any atom is 0.306 e. The van der Waals surface area contributed by atoms with E-state index in [1.54, 1.807) is 11.3 Å². The number of hydrogen-bond donors (Lipinski definition) is 1. The van der Waals surface area contributed by atoms with Gasteiger partial charge in [0.1, 0.15) is 0 Å². The van der Waals surface area contributed by atoms with Gasteiger partial charge in [-0.2, -0.15) is 0 Å². The van der Waals surface area contributed by atoms with E-state index in [9.17, 15) is 9.59 Å².